The summed E-state index contributed by atoms with van der Waals surface area (Å²) in [7, 11) is 0. The fraction of sp³-hybridized carbons (Fsp3) is 0.625. The van der Waals surface area contributed by atoms with Crippen LogP contribution in [0, 0.1) is 5.82 Å². The standard InChI is InChI=1S/C16H23FN2O/c17-15-4-1-3-14-13(15)5-6-16(14)18-7-2-8-19-9-11-20-12-10-19/h1,3-4,16,18H,2,5-12H2. The lowest BCUT2D eigenvalue weighted by Crippen LogP contribution is -2.37. The van der Waals surface area contributed by atoms with E-state index >= 15 is 0 Å². The number of rotatable bonds is 5. The maximum absolute atomic E-state index is 13.6. The first-order valence-electron chi connectivity index (χ1n) is 7.65. The lowest BCUT2D eigenvalue weighted by molar-refractivity contribution is 0.0374. The zero-order valence-corrected chi connectivity index (χ0v) is 11.9. The molecule has 0 radical (unpaired) electrons. The number of morpholine rings is 1. The topological polar surface area (TPSA) is 24.5 Å². The predicted octanol–water partition coefficient (Wildman–Crippen LogP) is 2.12. The molecule has 0 aromatic heterocycles. The molecule has 3 rings (SSSR count). The number of hydrogen-bond acceptors (Lipinski definition) is 3. The number of hydrogen-bond donors (Lipinski definition) is 1. The van der Waals surface area contributed by atoms with E-state index in [2.05, 4.69) is 16.3 Å². The highest BCUT2D eigenvalue weighted by molar-refractivity contribution is 5.35. The molecule has 20 heavy (non-hydrogen) atoms. The molecule has 1 aliphatic heterocycles. The van der Waals surface area contributed by atoms with E-state index in [4.69, 9.17) is 4.74 Å². The van der Waals surface area contributed by atoms with Crippen LogP contribution in [0.4, 0.5) is 4.39 Å². The Morgan fingerprint density at radius 2 is 2.15 bits per heavy atom. The van der Waals surface area contributed by atoms with Gasteiger partial charge in [0.15, 0.2) is 0 Å². The fourth-order valence-electron chi connectivity index (χ4n) is 3.23. The fourth-order valence-corrected chi connectivity index (χ4v) is 3.23. The predicted molar refractivity (Wildman–Crippen MR) is 77.3 cm³/mol. The van der Waals surface area contributed by atoms with E-state index in [0.29, 0.717) is 6.04 Å². The molecule has 1 fully saturated rings. The van der Waals surface area contributed by atoms with Crippen LogP contribution in [0.2, 0.25) is 0 Å². The van der Waals surface area contributed by atoms with Gasteiger partial charge in [-0.25, -0.2) is 4.39 Å². The van der Waals surface area contributed by atoms with Gasteiger partial charge < -0.3 is 10.1 Å². The van der Waals surface area contributed by atoms with Crippen LogP contribution in [0.5, 0.6) is 0 Å². The largest absolute Gasteiger partial charge is 0.379 e. The molecule has 0 spiro atoms. The summed E-state index contributed by atoms with van der Waals surface area (Å²) in [5.41, 5.74) is 2.08. The van der Waals surface area contributed by atoms with Gasteiger partial charge >= 0.3 is 0 Å². The second-order valence-corrected chi connectivity index (χ2v) is 5.66. The number of nitrogens with one attached hydrogen (secondary N) is 1. The van der Waals surface area contributed by atoms with Crippen molar-refractivity contribution in [1.82, 2.24) is 10.2 Å². The van der Waals surface area contributed by atoms with Gasteiger partial charge in [0.2, 0.25) is 0 Å². The molecular formula is C16H23FN2O. The number of ether oxygens (including phenoxy) is 1. The summed E-state index contributed by atoms with van der Waals surface area (Å²) >= 11 is 0. The molecule has 1 aromatic rings. The Bertz CT molecular complexity index is 446. The van der Waals surface area contributed by atoms with Crippen molar-refractivity contribution >= 4 is 0 Å². The molecule has 3 nitrogen and oxygen atoms in total. The third kappa shape index (κ3) is 3.19. The molecule has 1 aromatic carbocycles. The van der Waals surface area contributed by atoms with Crippen molar-refractivity contribution in [3.05, 3.63) is 35.1 Å². The third-order valence-electron chi connectivity index (χ3n) is 4.36. The van der Waals surface area contributed by atoms with Crippen molar-refractivity contribution in [3.63, 3.8) is 0 Å². The molecule has 1 atom stereocenters. The van der Waals surface area contributed by atoms with Crippen LogP contribution in [0.25, 0.3) is 0 Å². The smallest absolute Gasteiger partial charge is 0.126 e. The average Bonchev–Trinajstić information content (AvgIpc) is 2.90. The van der Waals surface area contributed by atoms with Crippen LogP contribution >= 0.6 is 0 Å². The van der Waals surface area contributed by atoms with E-state index < -0.39 is 0 Å². The molecule has 1 N–H and O–H groups in total. The van der Waals surface area contributed by atoms with Crippen molar-refractivity contribution in [2.24, 2.45) is 0 Å². The first-order valence-corrected chi connectivity index (χ1v) is 7.65. The molecule has 0 saturated carbocycles. The second kappa shape index (κ2) is 6.66. The van der Waals surface area contributed by atoms with Gasteiger partial charge in [-0.15, -0.1) is 0 Å². The summed E-state index contributed by atoms with van der Waals surface area (Å²) in [6.45, 7) is 5.96. The third-order valence-corrected chi connectivity index (χ3v) is 4.36. The van der Waals surface area contributed by atoms with Crippen LogP contribution < -0.4 is 5.32 Å². The van der Waals surface area contributed by atoms with Crippen molar-refractivity contribution in [2.45, 2.75) is 25.3 Å². The van der Waals surface area contributed by atoms with Crippen LogP contribution in [-0.2, 0) is 11.2 Å². The van der Waals surface area contributed by atoms with Gasteiger partial charge in [0.1, 0.15) is 5.82 Å². The molecule has 4 heteroatoms. The minimum Gasteiger partial charge on any atom is -0.379 e. The zero-order valence-electron chi connectivity index (χ0n) is 11.9. The lowest BCUT2D eigenvalue weighted by Gasteiger charge is -2.26. The SMILES string of the molecule is Fc1cccc2c1CCC2NCCCN1CCOCC1. The summed E-state index contributed by atoms with van der Waals surface area (Å²) < 4.78 is 19.0. The molecule has 0 bridgehead atoms. The quantitative estimate of drug-likeness (QED) is 0.835. The zero-order chi connectivity index (χ0) is 13.8. The summed E-state index contributed by atoms with van der Waals surface area (Å²) in [5, 5.41) is 3.58. The van der Waals surface area contributed by atoms with E-state index in [1.165, 1.54) is 0 Å². The minimum absolute atomic E-state index is 0.0416. The Kier molecular flexibility index (Phi) is 4.65. The van der Waals surface area contributed by atoms with E-state index in [-0.39, 0.29) is 5.82 Å². The Balaban J connectivity index is 1.43. The van der Waals surface area contributed by atoms with Gasteiger partial charge in [-0.3, -0.25) is 4.90 Å². The Morgan fingerprint density at radius 1 is 1.30 bits per heavy atom. The van der Waals surface area contributed by atoms with Gasteiger partial charge in [0.05, 0.1) is 13.2 Å². The highest BCUT2D eigenvalue weighted by atomic mass is 19.1. The van der Waals surface area contributed by atoms with E-state index in [9.17, 15) is 4.39 Å². The molecule has 1 unspecified atom stereocenters. The van der Waals surface area contributed by atoms with Crippen LogP contribution in [0.1, 0.15) is 30.0 Å². The van der Waals surface area contributed by atoms with Crippen molar-refractivity contribution in [3.8, 4) is 0 Å². The molecule has 1 heterocycles. The van der Waals surface area contributed by atoms with Crippen molar-refractivity contribution < 1.29 is 9.13 Å². The van der Waals surface area contributed by atoms with Gasteiger partial charge in [0, 0.05) is 19.1 Å². The highest BCUT2D eigenvalue weighted by Gasteiger charge is 2.24. The summed E-state index contributed by atoms with van der Waals surface area (Å²) in [5.74, 6) is -0.0416. The average molecular weight is 278 g/mol. The van der Waals surface area contributed by atoms with Crippen LogP contribution in [-0.4, -0.2) is 44.3 Å². The van der Waals surface area contributed by atoms with Crippen LogP contribution in [0.3, 0.4) is 0 Å². The Labute approximate surface area is 120 Å². The van der Waals surface area contributed by atoms with E-state index in [1.807, 2.05) is 6.07 Å². The molecular weight excluding hydrogens is 255 g/mol. The van der Waals surface area contributed by atoms with Crippen molar-refractivity contribution in [1.29, 1.82) is 0 Å². The number of nitrogens with zero attached hydrogens (tertiary/aromatic N) is 1. The maximum Gasteiger partial charge on any atom is 0.126 e. The highest BCUT2D eigenvalue weighted by Crippen LogP contribution is 2.32. The van der Waals surface area contributed by atoms with Gasteiger partial charge in [-0.2, -0.15) is 0 Å². The molecule has 1 aliphatic carbocycles. The summed E-state index contributed by atoms with van der Waals surface area (Å²) in [4.78, 5) is 2.45. The molecule has 110 valence electrons. The normalized spacial score (nSPS) is 22.9. The van der Waals surface area contributed by atoms with E-state index in [1.54, 1.807) is 6.07 Å². The number of fused-ring (bicyclic) bond motifs is 1. The molecule has 1 saturated heterocycles. The van der Waals surface area contributed by atoms with E-state index in [0.717, 1.165) is 69.8 Å². The minimum atomic E-state index is -0.0416. The first-order chi connectivity index (χ1) is 9.84. The number of halogens is 1. The van der Waals surface area contributed by atoms with Gasteiger partial charge in [0.25, 0.3) is 0 Å². The lowest BCUT2D eigenvalue weighted by atomic mass is 10.1. The van der Waals surface area contributed by atoms with Crippen LogP contribution in [0.15, 0.2) is 18.2 Å². The monoisotopic (exact) mass is 278 g/mol. The first kappa shape index (κ1) is 14.0. The van der Waals surface area contributed by atoms with Crippen molar-refractivity contribution in [2.75, 3.05) is 39.4 Å². The number of benzene rings is 1. The van der Waals surface area contributed by atoms with Gasteiger partial charge in [-0.1, -0.05) is 12.1 Å². The van der Waals surface area contributed by atoms with Gasteiger partial charge in [-0.05, 0) is 49.5 Å². The molecule has 0 amide bonds. The summed E-state index contributed by atoms with van der Waals surface area (Å²) in [6.07, 6.45) is 3.03. The maximum atomic E-state index is 13.6. The Morgan fingerprint density at radius 3 is 3.00 bits per heavy atom. The summed E-state index contributed by atoms with van der Waals surface area (Å²) in [6, 6.07) is 5.79. The molecule has 2 aliphatic rings. The second-order valence-electron chi connectivity index (χ2n) is 5.66. The Hall–Kier alpha value is -0.970.